The van der Waals surface area contributed by atoms with E-state index < -0.39 is 0 Å². The second kappa shape index (κ2) is 5.32. The summed E-state index contributed by atoms with van der Waals surface area (Å²) in [4.78, 5) is 15.9. The van der Waals surface area contributed by atoms with Crippen molar-refractivity contribution < 1.29 is 4.79 Å². The molecule has 1 aliphatic rings. The highest BCUT2D eigenvalue weighted by Gasteiger charge is 2.21. The van der Waals surface area contributed by atoms with Crippen molar-refractivity contribution in [3.8, 4) is 0 Å². The summed E-state index contributed by atoms with van der Waals surface area (Å²) in [6.07, 6.45) is 6.00. The van der Waals surface area contributed by atoms with E-state index in [2.05, 4.69) is 15.4 Å². The number of nitrogen functional groups attached to an aromatic ring is 1. The Hall–Kier alpha value is -2.37. The molecule has 0 aliphatic heterocycles. The first-order valence-electron chi connectivity index (χ1n) is 6.72. The van der Waals surface area contributed by atoms with Gasteiger partial charge in [0.2, 0.25) is 5.91 Å². The number of hydrogen-bond acceptors (Lipinski definition) is 4. The van der Waals surface area contributed by atoms with Gasteiger partial charge in [-0.2, -0.15) is 5.10 Å². The molecule has 3 N–H and O–H groups in total. The number of rotatable bonds is 3. The minimum Gasteiger partial charge on any atom is -0.399 e. The van der Waals surface area contributed by atoms with Crippen LogP contribution in [0.5, 0.6) is 0 Å². The predicted molar refractivity (Wildman–Crippen MR) is 74.7 cm³/mol. The molecule has 0 fully saturated rings. The van der Waals surface area contributed by atoms with Crippen LogP contribution in [0.1, 0.15) is 30.0 Å². The number of carbonyl (C=O) groups excluding carboxylic acids is 1. The van der Waals surface area contributed by atoms with Gasteiger partial charge in [0, 0.05) is 5.69 Å². The quantitative estimate of drug-likeness (QED) is 0.817. The minimum absolute atomic E-state index is 0.0508. The summed E-state index contributed by atoms with van der Waals surface area (Å²) in [5.74, 6) is -0.0508. The van der Waals surface area contributed by atoms with Gasteiger partial charge in [0.25, 0.3) is 0 Å². The number of hydrogen-bond donors (Lipinski definition) is 2. The van der Waals surface area contributed by atoms with Crippen molar-refractivity contribution in [1.29, 1.82) is 0 Å². The summed E-state index contributed by atoms with van der Waals surface area (Å²) in [7, 11) is 0. The van der Waals surface area contributed by atoms with Crippen LogP contribution in [0.3, 0.4) is 0 Å². The summed E-state index contributed by atoms with van der Waals surface area (Å²) in [5.41, 5.74) is 9.01. The average molecular weight is 271 g/mol. The molecule has 0 spiro atoms. The summed E-state index contributed by atoms with van der Waals surface area (Å²) in [5, 5.41) is 7.00. The van der Waals surface area contributed by atoms with Crippen molar-refractivity contribution in [2.45, 2.75) is 31.8 Å². The van der Waals surface area contributed by atoms with Gasteiger partial charge in [0.1, 0.15) is 19.2 Å². The van der Waals surface area contributed by atoms with E-state index in [9.17, 15) is 4.79 Å². The second-order valence-electron chi connectivity index (χ2n) is 5.06. The van der Waals surface area contributed by atoms with E-state index in [0.29, 0.717) is 0 Å². The average Bonchev–Trinajstić information content (AvgIpc) is 2.91. The molecule has 6 heteroatoms. The largest absolute Gasteiger partial charge is 0.399 e. The Morgan fingerprint density at radius 3 is 3.20 bits per heavy atom. The fraction of sp³-hybridized carbons (Fsp3) is 0.357. The molecule has 1 aromatic carbocycles. The van der Waals surface area contributed by atoms with Crippen LogP contribution in [0.25, 0.3) is 0 Å². The van der Waals surface area contributed by atoms with E-state index in [1.807, 2.05) is 18.2 Å². The third-order valence-corrected chi connectivity index (χ3v) is 3.59. The van der Waals surface area contributed by atoms with Crippen molar-refractivity contribution in [2.75, 3.05) is 5.73 Å². The van der Waals surface area contributed by atoms with Crippen molar-refractivity contribution in [1.82, 2.24) is 20.1 Å². The molecule has 1 atom stereocenters. The van der Waals surface area contributed by atoms with E-state index in [0.717, 1.165) is 24.9 Å². The number of fused-ring (bicyclic) bond motifs is 1. The first-order valence-corrected chi connectivity index (χ1v) is 6.72. The van der Waals surface area contributed by atoms with E-state index in [1.165, 1.54) is 28.5 Å². The number of nitrogens with one attached hydrogen (secondary N) is 1. The lowest BCUT2D eigenvalue weighted by Crippen LogP contribution is -2.33. The van der Waals surface area contributed by atoms with Gasteiger partial charge in [-0.1, -0.05) is 6.07 Å². The van der Waals surface area contributed by atoms with Gasteiger partial charge in [0.15, 0.2) is 0 Å². The summed E-state index contributed by atoms with van der Waals surface area (Å²) in [6.45, 7) is 0.195. The number of benzene rings is 1. The number of aromatic nitrogens is 3. The molecule has 2 aromatic rings. The van der Waals surface area contributed by atoms with Crippen LogP contribution in [0, 0.1) is 0 Å². The van der Waals surface area contributed by atoms with E-state index >= 15 is 0 Å². The van der Waals surface area contributed by atoms with Crippen molar-refractivity contribution in [2.24, 2.45) is 0 Å². The first-order chi connectivity index (χ1) is 9.72. The normalized spacial score (nSPS) is 17.5. The van der Waals surface area contributed by atoms with Gasteiger partial charge in [-0.25, -0.2) is 9.67 Å². The zero-order chi connectivity index (χ0) is 13.9. The van der Waals surface area contributed by atoms with Crippen LogP contribution < -0.4 is 11.1 Å². The molecule has 6 nitrogen and oxygen atoms in total. The first kappa shape index (κ1) is 12.7. The monoisotopic (exact) mass is 271 g/mol. The van der Waals surface area contributed by atoms with Gasteiger partial charge in [-0.15, -0.1) is 0 Å². The molecule has 0 saturated carbocycles. The Labute approximate surface area is 117 Å². The molecule has 3 rings (SSSR count). The topological polar surface area (TPSA) is 85.8 Å². The number of amides is 1. The van der Waals surface area contributed by atoms with Gasteiger partial charge in [-0.05, 0) is 42.5 Å². The molecule has 0 saturated heterocycles. The summed E-state index contributed by atoms with van der Waals surface area (Å²) in [6, 6.07) is 5.98. The molecular weight excluding hydrogens is 254 g/mol. The minimum atomic E-state index is -0.0508. The fourth-order valence-electron chi connectivity index (χ4n) is 2.69. The van der Waals surface area contributed by atoms with Crippen molar-refractivity contribution in [3.05, 3.63) is 42.0 Å². The number of nitrogens with two attached hydrogens (primary N) is 1. The fourth-order valence-corrected chi connectivity index (χ4v) is 2.69. The Morgan fingerprint density at radius 1 is 1.50 bits per heavy atom. The molecular formula is C14H17N5O. The molecule has 1 heterocycles. The van der Waals surface area contributed by atoms with Crippen LogP contribution in [0.2, 0.25) is 0 Å². The third kappa shape index (κ3) is 2.64. The van der Waals surface area contributed by atoms with Crippen LogP contribution in [0.4, 0.5) is 5.69 Å². The lowest BCUT2D eigenvalue weighted by atomic mass is 9.87. The van der Waals surface area contributed by atoms with Crippen LogP contribution in [-0.2, 0) is 17.8 Å². The number of aryl methyl sites for hydroxylation is 1. The maximum absolute atomic E-state index is 12.0. The van der Waals surface area contributed by atoms with Crippen LogP contribution >= 0.6 is 0 Å². The van der Waals surface area contributed by atoms with Crippen molar-refractivity contribution in [3.63, 3.8) is 0 Å². The Bertz CT molecular complexity index is 608. The Balaban J connectivity index is 1.71. The van der Waals surface area contributed by atoms with Gasteiger partial charge in [-0.3, -0.25) is 4.79 Å². The zero-order valence-corrected chi connectivity index (χ0v) is 11.1. The predicted octanol–water partition coefficient (Wildman–Crippen LogP) is 1.05. The Kier molecular flexibility index (Phi) is 3.37. The molecule has 1 aromatic heterocycles. The molecule has 104 valence electrons. The summed E-state index contributed by atoms with van der Waals surface area (Å²) >= 11 is 0. The number of anilines is 1. The highest BCUT2D eigenvalue weighted by atomic mass is 16.2. The second-order valence-corrected chi connectivity index (χ2v) is 5.06. The van der Waals surface area contributed by atoms with E-state index in [1.54, 1.807) is 0 Å². The van der Waals surface area contributed by atoms with Gasteiger partial charge in [0.05, 0.1) is 6.04 Å². The van der Waals surface area contributed by atoms with Crippen LogP contribution in [0.15, 0.2) is 30.9 Å². The lowest BCUT2D eigenvalue weighted by molar-refractivity contribution is -0.122. The highest BCUT2D eigenvalue weighted by molar-refractivity contribution is 5.76. The molecule has 20 heavy (non-hydrogen) atoms. The van der Waals surface area contributed by atoms with Gasteiger partial charge < -0.3 is 11.1 Å². The van der Waals surface area contributed by atoms with E-state index in [-0.39, 0.29) is 18.5 Å². The third-order valence-electron chi connectivity index (χ3n) is 3.59. The van der Waals surface area contributed by atoms with Gasteiger partial charge >= 0.3 is 0 Å². The van der Waals surface area contributed by atoms with Crippen LogP contribution in [-0.4, -0.2) is 20.7 Å². The summed E-state index contributed by atoms with van der Waals surface area (Å²) < 4.78 is 1.52. The highest BCUT2D eigenvalue weighted by Crippen LogP contribution is 2.30. The standard InChI is InChI=1S/C14H17N5O/c15-11-4-5-12-10(6-11)2-1-3-13(12)18-14(20)7-19-9-16-8-17-19/h4-6,8-9,13H,1-3,7,15H2,(H,18,20). The lowest BCUT2D eigenvalue weighted by Gasteiger charge is -2.26. The number of nitrogens with zero attached hydrogens (tertiary/aromatic N) is 3. The Morgan fingerprint density at radius 2 is 2.40 bits per heavy atom. The maximum Gasteiger partial charge on any atom is 0.242 e. The van der Waals surface area contributed by atoms with E-state index in [4.69, 9.17) is 5.73 Å². The smallest absolute Gasteiger partial charge is 0.242 e. The van der Waals surface area contributed by atoms with Crippen molar-refractivity contribution >= 4 is 11.6 Å². The molecule has 1 amide bonds. The molecule has 1 aliphatic carbocycles. The molecule has 0 bridgehead atoms. The molecule has 0 radical (unpaired) electrons. The molecule has 1 unspecified atom stereocenters. The SMILES string of the molecule is Nc1ccc2c(c1)CCCC2NC(=O)Cn1cncn1. The number of carbonyl (C=O) groups is 1. The zero-order valence-electron chi connectivity index (χ0n) is 11.1. The maximum atomic E-state index is 12.0.